The zero-order valence-corrected chi connectivity index (χ0v) is 31.3. The summed E-state index contributed by atoms with van der Waals surface area (Å²) in [7, 11) is 0. The lowest BCUT2D eigenvalue weighted by Gasteiger charge is -2.13. The minimum absolute atomic E-state index is 0.721. The summed E-state index contributed by atoms with van der Waals surface area (Å²) in [5, 5.41) is 5.00. The summed E-state index contributed by atoms with van der Waals surface area (Å²) in [5.41, 5.74) is 15.6. The molecule has 0 saturated carbocycles. The lowest BCUT2D eigenvalue weighted by Crippen LogP contribution is -1.97. The van der Waals surface area contributed by atoms with E-state index in [9.17, 15) is 0 Å². The van der Waals surface area contributed by atoms with Crippen molar-refractivity contribution < 1.29 is 0 Å². The Kier molecular flexibility index (Phi) is 7.68. The van der Waals surface area contributed by atoms with E-state index in [0.29, 0.717) is 0 Å². The highest BCUT2D eigenvalue weighted by Gasteiger charge is 2.17. The molecule has 0 aliphatic rings. The summed E-state index contributed by atoms with van der Waals surface area (Å²) in [6, 6.07) is 71.3. The van der Waals surface area contributed by atoms with Crippen molar-refractivity contribution in [3.05, 3.63) is 206 Å². The maximum absolute atomic E-state index is 5.08. The van der Waals surface area contributed by atoms with Crippen molar-refractivity contribution in [3.8, 4) is 56.4 Å². The molecule has 57 heavy (non-hydrogen) atoms. The van der Waals surface area contributed by atoms with E-state index in [-0.39, 0.29) is 0 Å². The number of rotatable bonds is 6. The molecule has 0 aliphatic carbocycles. The topological polar surface area (TPSA) is 35.6 Å². The number of hydrogen-bond donors (Lipinski definition) is 0. The second kappa shape index (κ2) is 13.3. The zero-order chi connectivity index (χ0) is 37.9. The van der Waals surface area contributed by atoms with Gasteiger partial charge in [0.1, 0.15) is 0 Å². The first-order chi connectivity index (χ1) is 28.2. The molecule has 3 aromatic heterocycles. The Morgan fingerprint density at radius 3 is 1.46 bits per heavy atom. The van der Waals surface area contributed by atoms with E-state index < -0.39 is 0 Å². The molecule has 0 unspecified atom stereocenters. The van der Waals surface area contributed by atoms with Crippen LogP contribution in [0.25, 0.3) is 100 Å². The Labute approximate surface area is 330 Å². The molecule has 0 bridgehead atoms. The van der Waals surface area contributed by atoms with Crippen molar-refractivity contribution in [1.82, 2.24) is 19.1 Å². The molecule has 0 atom stereocenters. The third kappa shape index (κ3) is 5.53. The molecule has 11 aromatic rings. The van der Waals surface area contributed by atoms with Gasteiger partial charge >= 0.3 is 0 Å². The summed E-state index contributed by atoms with van der Waals surface area (Å²) in [4.78, 5) is 10.1. The number of fused-ring (bicyclic) bond motifs is 6. The number of aryl methyl sites for hydroxylation is 1. The van der Waals surface area contributed by atoms with Crippen molar-refractivity contribution in [1.29, 1.82) is 0 Å². The van der Waals surface area contributed by atoms with E-state index in [0.717, 1.165) is 50.8 Å². The Hall–Kier alpha value is -7.56. The fourth-order valence-corrected chi connectivity index (χ4v) is 8.57. The van der Waals surface area contributed by atoms with Crippen molar-refractivity contribution in [2.75, 3.05) is 0 Å². The zero-order valence-electron chi connectivity index (χ0n) is 31.3. The fourth-order valence-electron chi connectivity index (χ4n) is 8.57. The smallest absolute Gasteiger partial charge is 0.160 e. The second-order valence-corrected chi connectivity index (χ2v) is 14.7. The van der Waals surface area contributed by atoms with E-state index in [1.807, 2.05) is 24.3 Å². The minimum atomic E-state index is 0.721. The van der Waals surface area contributed by atoms with Gasteiger partial charge in [-0.05, 0) is 78.2 Å². The number of aromatic nitrogens is 4. The third-order valence-corrected chi connectivity index (χ3v) is 11.3. The van der Waals surface area contributed by atoms with E-state index in [1.54, 1.807) is 0 Å². The Morgan fingerprint density at radius 2 is 0.825 bits per heavy atom. The highest BCUT2D eigenvalue weighted by molar-refractivity contribution is 6.12. The largest absolute Gasteiger partial charge is 0.309 e. The van der Waals surface area contributed by atoms with Gasteiger partial charge in [0.05, 0.1) is 33.5 Å². The summed E-state index contributed by atoms with van der Waals surface area (Å²) in [6.45, 7) is 2.17. The van der Waals surface area contributed by atoms with E-state index in [1.165, 1.54) is 54.7 Å². The van der Waals surface area contributed by atoms with Crippen LogP contribution in [0.3, 0.4) is 0 Å². The molecular formula is C53H36N4. The Morgan fingerprint density at radius 1 is 0.333 bits per heavy atom. The van der Waals surface area contributed by atoms with Gasteiger partial charge in [-0.3, -0.25) is 0 Å². The van der Waals surface area contributed by atoms with Crippen LogP contribution in [0, 0.1) is 6.92 Å². The van der Waals surface area contributed by atoms with Crippen LogP contribution in [0.5, 0.6) is 0 Å². The second-order valence-electron chi connectivity index (χ2n) is 14.7. The number of para-hydroxylation sites is 3. The van der Waals surface area contributed by atoms with Crippen LogP contribution in [0.15, 0.2) is 200 Å². The van der Waals surface area contributed by atoms with Crippen molar-refractivity contribution in [2.45, 2.75) is 6.92 Å². The van der Waals surface area contributed by atoms with Gasteiger partial charge in [-0.1, -0.05) is 146 Å². The van der Waals surface area contributed by atoms with E-state index in [4.69, 9.17) is 9.97 Å². The first-order valence-corrected chi connectivity index (χ1v) is 19.4. The van der Waals surface area contributed by atoms with Crippen LogP contribution in [0.1, 0.15) is 5.56 Å². The average Bonchev–Trinajstić information content (AvgIpc) is 3.79. The number of nitrogens with zero attached hydrogens (tertiary/aromatic N) is 4. The molecule has 8 aromatic carbocycles. The summed E-state index contributed by atoms with van der Waals surface area (Å²) in [6.07, 6.45) is 0. The predicted octanol–water partition coefficient (Wildman–Crippen LogP) is 13.6. The van der Waals surface area contributed by atoms with Gasteiger partial charge in [-0.15, -0.1) is 0 Å². The van der Waals surface area contributed by atoms with Gasteiger partial charge in [-0.25, -0.2) is 9.97 Å². The first-order valence-electron chi connectivity index (χ1n) is 19.4. The Bertz CT molecular complexity index is 3170. The normalized spacial score (nSPS) is 11.6. The molecule has 0 aliphatic heterocycles. The lowest BCUT2D eigenvalue weighted by atomic mass is 9.97. The van der Waals surface area contributed by atoms with E-state index in [2.05, 4.69) is 192 Å². The maximum atomic E-state index is 5.08. The summed E-state index contributed by atoms with van der Waals surface area (Å²) >= 11 is 0. The molecule has 0 radical (unpaired) electrons. The maximum Gasteiger partial charge on any atom is 0.160 e. The quantitative estimate of drug-likeness (QED) is 0.171. The first kappa shape index (κ1) is 32.8. The van der Waals surface area contributed by atoms with Crippen LogP contribution in [0.4, 0.5) is 0 Å². The van der Waals surface area contributed by atoms with Gasteiger partial charge in [0, 0.05) is 49.6 Å². The fraction of sp³-hybridized carbons (Fsp3) is 0.0189. The monoisotopic (exact) mass is 728 g/mol. The van der Waals surface area contributed by atoms with Crippen molar-refractivity contribution in [2.24, 2.45) is 0 Å². The van der Waals surface area contributed by atoms with Crippen LogP contribution in [-0.4, -0.2) is 19.1 Å². The lowest BCUT2D eigenvalue weighted by molar-refractivity contribution is 1.17. The highest BCUT2D eigenvalue weighted by Crippen LogP contribution is 2.38. The molecule has 4 nitrogen and oxygen atoms in total. The van der Waals surface area contributed by atoms with Crippen LogP contribution < -0.4 is 0 Å². The van der Waals surface area contributed by atoms with Crippen LogP contribution >= 0.6 is 0 Å². The molecule has 0 N–H and O–H groups in total. The van der Waals surface area contributed by atoms with Gasteiger partial charge in [0.15, 0.2) is 5.82 Å². The van der Waals surface area contributed by atoms with Gasteiger partial charge < -0.3 is 9.13 Å². The molecule has 0 amide bonds. The standard InChI is InChI=1S/C53H36N4/c1-35-32-39(26-30-42(35)48-34-47(37-14-4-2-5-15-37)54-53(55-48)38-16-6-3-7-17-38)36-24-27-40(28-25-36)56-51-23-13-10-20-45(51)46-33-41(29-31-52(46)56)57-49-21-11-8-18-43(49)44-19-9-12-22-50(44)57/h2-34H,1H3. The summed E-state index contributed by atoms with van der Waals surface area (Å²) < 4.78 is 4.79. The molecule has 3 heterocycles. The number of hydrogen-bond acceptors (Lipinski definition) is 2. The highest BCUT2D eigenvalue weighted by atomic mass is 15.0. The van der Waals surface area contributed by atoms with Crippen molar-refractivity contribution >= 4 is 43.6 Å². The van der Waals surface area contributed by atoms with Gasteiger partial charge in [0.25, 0.3) is 0 Å². The van der Waals surface area contributed by atoms with Gasteiger partial charge in [-0.2, -0.15) is 0 Å². The molecular weight excluding hydrogens is 693 g/mol. The van der Waals surface area contributed by atoms with Gasteiger partial charge in [0.2, 0.25) is 0 Å². The van der Waals surface area contributed by atoms with Crippen LogP contribution in [0.2, 0.25) is 0 Å². The summed E-state index contributed by atoms with van der Waals surface area (Å²) in [5.74, 6) is 0.721. The van der Waals surface area contributed by atoms with E-state index >= 15 is 0 Å². The molecule has 11 rings (SSSR count). The average molecular weight is 729 g/mol. The minimum Gasteiger partial charge on any atom is -0.309 e. The Balaban J connectivity index is 0.967. The molecule has 0 fully saturated rings. The SMILES string of the molecule is Cc1cc(-c2ccc(-n3c4ccccc4c4cc(-n5c6ccccc6c6ccccc65)ccc43)cc2)ccc1-c1cc(-c2ccccc2)nc(-c2ccccc2)n1. The predicted molar refractivity (Wildman–Crippen MR) is 237 cm³/mol. The molecule has 0 saturated heterocycles. The number of benzene rings is 8. The van der Waals surface area contributed by atoms with Crippen LogP contribution in [-0.2, 0) is 0 Å². The third-order valence-electron chi connectivity index (χ3n) is 11.3. The molecule has 268 valence electrons. The molecule has 4 heteroatoms. The molecule has 0 spiro atoms. The van der Waals surface area contributed by atoms with Crippen molar-refractivity contribution in [3.63, 3.8) is 0 Å².